The number of nitrogens with one attached hydrogen (secondary N) is 2. The lowest BCUT2D eigenvalue weighted by Crippen LogP contribution is -2.37. The van der Waals surface area contributed by atoms with Gasteiger partial charge in [0, 0.05) is 11.8 Å². The van der Waals surface area contributed by atoms with Crippen molar-refractivity contribution in [3.8, 4) is 5.75 Å². The molecule has 0 saturated carbocycles. The van der Waals surface area contributed by atoms with Crippen molar-refractivity contribution in [2.24, 2.45) is 0 Å². The number of carbonyl (C=O) groups excluding carboxylic acids is 1. The topological polar surface area (TPSA) is 145 Å². The van der Waals surface area contributed by atoms with Crippen molar-refractivity contribution < 1.29 is 33.0 Å². The number of carbonyl (C=O) groups is 1. The number of aryl methyl sites for hydroxylation is 1. The lowest BCUT2D eigenvalue weighted by Gasteiger charge is -2.24. The molecule has 1 aromatic heterocycles. The van der Waals surface area contributed by atoms with Gasteiger partial charge in [-0.25, -0.2) is 11.1 Å². The van der Waals surface area contributed by atoms with E-state index in [0.29, 0.717) is 5.56 Å². The van der Waals surface area contributed by atoms with E-state index in [1.165, 1.54) is 17.7 Å². The summed E-state index contributed by atoms with van der Waals surface area (Å²) in [6, 6.07) is 6.04. The van der Waals surface area contributed by atoms with Gasteiger partial charge in [-0.05, 0) is 52.0 Å². The smallest absolute Gasteiger partial charge is 0.459 e. The molecule has 1 saturated heterocycles. The van der Waals surface area contributed by atoms with Gasteiger partial charge in [0.15, 0.2) is 10.9 Å². The standard InChI is InChI=1S/C23H29N4O8PS/c1-13(2)33-22(30)15(4)26-36(31,35-16-9-7-6-8-10-16)32-12-17-19(28)18(24-5)21(34-17)27-11-14(3)20(29)25-23(27)37/h6-11,13,15,17-19,21,28H,12H2,1-4H3,(H,26,31)(H,25,29,37)/t15-,17-,18+,19?,21-,36?/m0/s1. The molecule has 12 nitrogen and oxygen atoms in total. The van der Waals surface area contributed by atoms with Crippen molar-refractivity contribution in [2.45, 2.75) is 64.3 Å². The Morgan fingerprint density at radius 1 is 1.35 bits per heavy atom. The van der Waals surface area contributed by atoms with Crippen molar-refractivity contribution in [1.29, 1.82) is 0 Å². The second kappa shape index (κ2) is 12.1. The summed E-state index contributed by atoms with van der Waals surface area (Å²) in [6.45, 7) is 13.5. The van der Waals surface area contributed by atoms with Crippen LogP contribution < -0.4 is 15.2 Å². The molecule has 2 unspecified atom stereocenters. The number of aromatic amines is 1. The van der Waals surface area contributed by atoms with Crippen LogP contribution in [0, 0.1) is 18.3 Å². The summed E-state index contributed by atoms with van der Waals surface area (Å²) < 4.78 is 37.3. The number of benzene rings is 1. The summed E-state index contributed by atoms with van der Waals surface area (Å²) in [5.74, 6) is -0.453. The minimum atomic E-state index is -4.21. The molecule has 0 radical (unpaired) electrons. The first kappa shape index (κ1) is 28.7. The van der Waals surface area contributed by atoms with Crippen LogP contribution in [-0.4, -0.2) is 57.6 Å². The summed E-state index contributed by atoms with van der Waals surface area (Å²) in [7, 11) is -4.21. The van der Waals surface area contributed by atoms with Crippen LogP contribution in [0.3, 0.4) is 0 Å². The molecule has 3 rings (SSSR count). The fourth-order valence-corrected chi connectivity index (χ4v) is 5.27. The number of aliphatic hydroxyl groups excluding tert-OH is 1. The Morgan fingerprint density at radius 2 is 2.03 bits per heavy atom. The maximum atomic E-state index is 13.7. The number of rotatable bonds is 10. The summed E-state index contributed by atoms with van der Waals surface area (Å²) in [6.07, 6.45) is -2.44. The Labute approximate surface area is 218 Å². The summed E-state index contributed by atoms with van der Waals surface area (Å²) in [4.78, 5) is 30.1. The van der Waals surface area contributed by atoms with Crippen LogP contribution in [0.2, 0.25) is 0 Å². The van der Waals surface area contributed by atoms with E-state index in [9.17, 15) is 19.3 Å². The highest BCUT2D eigenvalue weighted by Crippen LogP contribution is 2.46. The van der Waals surface area contributed by atoms with Gasteiger partial charge in [-0.3, -0.25) is 23.7 Å². The number of aliphatic hydroxyl groups is 1. The van der Waals surface area contributed by atoms with Crippen molar-refractivity contribution in [3.63, 3.8) is 0 Å². The van der Waals surface area contributed by atoms with Gasteiger partial charge in [-0.15, -0.1) is 0 Å². The quantitative estimate of drug-likeness (QED) is 0.174. The fraction of sp³-hybridized carbons (Fsp3) is 0.478. The van der Waals surface area contributed by atoms with E-state index in [0.717, 1.165) is 0 Å². The van der Waals surface area contributed by atoms with E-state index in [-0.39, 0.29) is 22.2 Å². The normalized spacial score (nSPS) is 23.7. The van der Waals surface area contributed by atoms with Gasteiger partial charge in [0.2, 0.25) is 6.23 Å². The third-order valence-corrected chi connectivity index (χ3v) is 7.30. The highest BCUT2D eigenvalue weighted by molar-refractivity contribution is 7.71. The molecule has 37 heavy (non-hydrogen) atoms. The summed E-state index contributed by atoms with van der Waals surface area (Å²) >= 11 is 5.21. The Hall–Kier alpha value is -2.85. The second-order valence-electron chi connectivity index (χ2n) is 8.69. The molecule has 0 aliphatic carbocycles. The molecule has 1 aliphatic heterocycles. The van der Waals surface area contributed by atoms with Gasteiger partial charge >= 0.3 is 13.7 Å². The Balaban J connectivity index is 1.81. The van der Waals surface area contributed by atoms with Crippen LogP contribution in [-0.2, 0) is 23.4 Å². The van der Waals surface area contributed by atoms with Crippen molar-refractivity contribution in [3.05, 3.63) is 68.6 Å². The highest BCUT2D eigenvalue weighted by atomic mass is 32.1. The molecule has 14 heteroatoms. The van der Waals surface area contributed by atoms with Crippen LogP contribution >= 0.6 is 20.0 Å². The predicted octanol–water partition coefficient (Wildman–Crippen LogP) is 2.89. The zero-order chi connectivity index (χ0) is 27.3. The van der Waals surface area contributed by atoms with Gasteiger partial charge in [0.05, 0.1) is 12.7 Å². The molecule has 0 spiro atoms. The van der Waals surface area contributed by atoms with Crippen LogP contribution in [0.4, 0.5) is 0 Å². The third-order valence-electron chi connectivity index (χ3n) is 5.34. The maximum absolute atomic E-state index is 13.7. The van der Waals surface area contributed by atoms with Crippen molar-refractivity contribution in [2.75, 3.05) is 6.61 Å². The largest absolute Gasteiger partial charge is 0.462 e. The minimum absolute atomic E-state index is 0.0141. The van der Waals surface area contributed by atoms with E-state index >= 15 is 0 Å². The number of nitrogens with zero attached hydrogens (tertiary/aromatic N) is 2. The SMILES string of the molecule is [C-]#[N+][C@@H]1C(O)[C@H](COP(=O)(N[C@@H](C)C(=O)OC(C)C)Oc2ccccc2)O[C@@H]1n1cc(C)c(=O)[nH]c1=S. The van der Waals surface area contributed by atoms with Crippen molar-refractivity contribution in [1.82, 2.24) is 14.6 Å². The molecular formula is C23H29N4O8PS. The summed E-state index contributed by atoms with van der Waals surface area (Å²) in [5, 5.41) is 13.3. The fourth-order valence-electron chi connectivity index (χ4n) is 3.52. The summed E-state index contributed by atoms with van der Waals surface area (Å²) in [5.41, 5.74) is -0.0448. The predicted molar refractivity (Wildman–Crippen MR) is 135 cm³/mol. The second-order valence-corrected chi connectivity index (χ2v) is 10.8. The van der Waals surface area contributed by atoms with Crippen LogP contribution in [0.15, 0.2) is 41.3 Å². The van der Waals surface area contributed by atoms with E-state index in [1.807, 2.05) is 0 Å². The van der Waals surface area contributed by atoms with E-state index in [1.54, 1.807) is 51.1 Å². The number of hydrogen-bond donors (Lipinski definition) is 3. The number of ether oxygens (including phenoxy) is 2. The molecule has 1 fully saturated rings. The molecule has 2 aromatic rings. The first-order valence-corrected chi connectivity index (χ1v) is 13.4. The van der Waals surface area contributed by atoms with Gasteiger partial charge < -0.3 is 23.9 Å². The molecule has 1 aromatic carbocycles. The van der Waals surface area contributed by atoms with Gasteiger partial charge in [0.1, 0.15) is 17.9 Å². The molecule has 1 aliphatic rings. The number of esters is 1. The first-order chi connectivity index (χ1) is 17.4. The number of hydrogen-bond acceptors (Lipinski definition) is 9. The number of H-pyrrole nitrogens is 1. The van der Waals surface area contributed by atoms with E-state index in [2.05, 4.69) is 14.9 Å². The van der Waals surface area contributed by atoms with Gasteiger partial charge in [-0.2, -0.15) is 5.09 Å². The Kier molecular flexibility index (Phi) is 9.41. The van der Waals surface area contributed by atoms with E-state index in [4.69, 9.17) is 37.3 Å². The lowest BCUT2D eigenvalue weighted by molar-refractivity contribution is -0.149. The lowest BCUT2D eigenvalue weighted by atomic mass is 10.1. The van der Waals surface area contributed by atoms with Gasteiger partial charge in [-0.1, -0.05) is 18.2 Å². The number of aromatic nitrogens is 2. The zero-order valence-electron chi connectivity index (χ0n) is 20.7. The van der Waals surface area contributed by atoms with Crippen LogP contribution in [0.25, 0.3) is 4.85 Å². The van der Waals surface area contributed by atoms with Crippen LogP contribution in [0.5, 0.6) is 5.75 Å². The molecule has 3 N–H and O–H groups in total. The maximum Gasteiger partial charge on any atom is 0.459 e. The molecule has 0 bridgehead atoms. The molecule has 2 heterocycles. The van der Waals surface area contributed by atoms with Crippen LogP contribution in [0.1, 0.15) is 32.6 Å². The van der Waals surface area contributed by atoms with Crippen molar-refractivity contribution >= 4 is 25.9 Å². The molecular weight excluding hydrogens is 523 g/mol. The average Bonchev–Trinajstić information content (AvgIpc) is 3.15. The van der Waals surface area contributed by atoms with Gasteiger partial charge in [0.25, 0.3) is 11.6 Å². The van der Waals surface area contributed by atoms with E-state index < -0.39 is 50.8 Å². The Bertz CT molecular complexity index is 1310. The third kappa shape index (κ3) is 7.13. The zero-order valence-corrected chi connectivity index (χ0v) is 22.4. The number of para-hydroxylation sites is 1. The molecule has 200 valence electrons. The minimum Gasteiger partial charge on any atom is -0.462 e. The molecule has 0 amide bonds. The monoisotopic (exact) mass is 552 g/mol. The Morgan fingerprint density at radius 3 is 2.65 bits per heavy atom. The first-order valence-electron chi connectivity index (χ1n) is 11.4. The highest BCUT2D eigenvalue weighted by Gasteiger charge is 2.51. The average molecular weight is 553 g/mol. The molecule has 6 atom stereocenters.